The average Bonchev–Trinajstić information content (AvgIpc) is 3.09. The lowest BCUT2D eigenvalue weighted by atomic mass is 9.50. The highest BCUT2D eigenvalue weighted by atomic mass is 16.5. The van der Waals surface area contributed by atoms with Crippen molar-refractivity contribution in [2.45, 2.75) is 70.3 Å². The minimum Gasteiger partial charge on any atom is -0.370 e. The van der Waals surface area contributed by atoms with E-state index >= 15 is 0 Å². The van der Waals surface area contributed by atoms with Gasteiger partial charge in [0.05, 0.1) is 12.2 Å². The van der Waals surface area contributed by atoms with Crippen LogP contribution in [0.2, 0.25) is 0 Å². The molecule has 5 aliphatic rings. The first kappa shape index (κ1) is 15.4. The molecule has 1 aliphatic heterocycles. The SMILES string of the molecule is C=C1CCO[C@@]12CC[C@H]1[C@@H]3CCC4=CC(=O)CC[C@@H]4[C@H]3CC[C@@]12C. The van der Waals surface area contributed by atoms with Crippen molar-refractivity contribution in [2.75, 3.05) is 6.61 Å². The van der Waals surface area contributed by atoms with Crippen molar-refractivity contribution >= 4 is 5.78 Å². The summed E-state index contributed by atoms with van der Waals surface area (Å²) in [5, 5.41) is 0. The second-order valence-corrected chi connectivity index (χ2v) is 9.33. The summed E-state index contributed by atoms with van der Waals surface area (Å²) in [6.07, 6.45) is 12.6. The van der Waals surface area contributed by atoms with Gasteiger partial charge in [-0.25, -0.2) is 0 Å². The monoisotopic (exact) mass is 326 g/mol. The van der Waals surface area contributed by atoms with Gasteiger partial charge in [0.1, 0.15) is 0 Å². The molecule has 0 amide bonds. The predicted octanol–water partition coefficient (Wildman–Crippen LogP) is 4.84. The molecule has 24 heavy (non-hydrogen) atoms. The maximum atomic E-state index is 11.8. The van der Waals surface area contributed by atoms with Crippen LogP contribution in [0.15, 0.2) is 23.8 Å². The van der Waals surface area contributed by atoms with Crippen molar-refractivity contribution in [3.63, 3.8) is 0 Å². The molecule has 2 heteroatoms. The van der Waals surface area contributed by atoms with E-state index in [2.05, 4.69) is 13.5 Å². The van der Waals surface area contributed by atoms with Crippen LogP contribution in [0.3, 0.4) is 0 Å². The molecule has 1 heterocycles. The first-order chi connectivity index (χ1) is 11.6. The number of ketones is 1. The van der Waals surface area contributed by atoms with E-state index in [9.17, 15) is 4.79 Å². The van der Waals surface area contributed by atoms with E-state index < -0.39 is 0 Å². The molecule has 0 unspecified atom stereocenters. The number of ether oxygens (including phenoxy) is 1. The smallest absolute Gasteiger partial charge is 0.155 e. The molecule has 0 aromatic carbocycles. The van der Waals surface area contributed by atoms with Crippen LogP contribution in [0, 0.1) is 29.1 Å². The largest absolute Gasteiger partial charge is 0.370 e. The number of carbonyl (C=O) groups is 1. The van der Waals surface area contributed by atoms with Crippen LogP contribution in [0.1, 0.15) is 64.7 Å². The summed E-state index contributed by atoms with van der Waals surface area (Å²) in [5.74, 6) is 3.54. The van der Waals surface area contributed by atoms with Gasteiger partial charge in [0, 0.05) is 11.8 Å². The zero-order valence-electron chi connectivity index (χ0n) is 15.0. The van der Waals surface area contributed by atoms with Crippen molar-refractivity contribution < 1.29 is 9.53 Å². The Bertz CT molecular complexity index is 632. The first-order valence-electron chi connectivity index (χ1n) is 10.1. The molecule has 5 rings (SSSR count). The average molecular weight is 326 g/mol. The summed E-state index contributed by atoms with van der Waals surface area (Å²) in [5.41, 5.74) is 3.16. The Morgan fingerprint density at radius 3 is 2.75 bits per heavy atom. The highest BCUT2D eigenvalue weighted by Gasteiger charge is 2.65. The fourth-order valence-electron chi connectivity index (χ4n) is 7.65. The van der Waals surface area contributed by atoms with Crippen molar-refractivity contribution in [3.8, 4) is 0 Å². The Morgan fingerprint density at radius 2 is 1.96 bits per heavy atom. The molecular weight excluding hydrogens is 296 g/mol. The molecule has 1 spiro atoms. The highest BCUT2D eigenvalue weighted by molar-refractivity contribution is 5.91. The van der Waals surface area contributed by atoms with Gasteiger partial charge in [-0.05, 0) is 86.7 Å². The van der Waals surface area contributed by atoms with Gasteiger partial charge in [-0.2, -0.15) is 0 Å². The number of hydrogen-bond acceptors (Lipinski definition) is 2. The Labute approximate surface area is 145 Å². The third kappa shape index (κ3) is 1.79. The van der Waals surface area contributed by atoms with E-state index in [1.807, 2.05) is 6.08 Å². The van der Waals surface area contributed by atoms with E-state index in [1.54, 1.807) is 0 Å². The molecule has 6 atom stereocenters. The van der Waals surface area contributed by atoms with Gasteiger partial charge in [0.25, 0.3) is 0 Å². The second-order valence-electron chi connectivity index (χ2n) is 9.33. The standard InChI is InChI=1S/C22H30O2/c1-14-9-12-24-22(14)11-8-20-19-5-3-15-13-16(23)4-6-17(15)18(19)7-10-21(20,22)2/h13,17-20H,1,3-12H2,2H3/t17-,18+,19+,20-,21-,22-/m0/s1. The molecule has 4 fully saturated rings. The molecule has 0 bridgehead atoms. The normalized spacial score (nSPS) is 50.5. The van der Waals surface area contributed by atoms with Crippen LogP contribution >= 0.6 is 0 Å². The topological polar surface area (TPSA) is 26.3 Å². The summed E-state index contributed by atoms with van der Waals surface area (Å²) in [7, 11) is 0. The molecule has 4 aliphatic carbocycles. The van der Waals surface area contributed by atoms with Crippen molar-refractivity contribution in [1.82, 2.24) is 0 Å². The fourth-order valence-corrected chi connectivity index (χ4v) is 7.65. The number of fused-ring (bicyclic) bond motifs is 6. The number of carbonyl (C=O) groups excluding carboxylic acids is 1. The maximum Gasteiger partial charge on any atom is 0.155 e. The molecule has 0 aromatic rings. The van der Waals surface area contributed by atoms with E-state index in [0.717, 1.165) is 43.6 Å². The van der Waals surface area contributed by atoms with Crippen LogP contribution in [-0.4, -0.2) is 18.0 Å². The summed E-state index contributed by atoms with van der Waals surface area (Å²) in [6.45, 7) is 7.83. The molecule has 0 radical (unpaired) electrons. The fraction of sp³-hybridized carbons (Fsp3) is 0.773. The van der Waals surface area contributed by atoms with Crippen molar-refractivity contribution in [2.24, 2.45) is 29.1 Å². The third-order valence-corrected chi connectivity index (χ3v) is 8.74. The summed E-state index contributed by atoms with van der Waals surface area (Å²) in [6, 6.07) is 0. The van der Waals surface area contributed by atoms with E-state index in [-0.39, 0.29) is 5.60 Å². The van der Waals surface area contributed by atoms with E-state index in [0.29, 0.717) is 17.1 Å². The molecule has 0 aromatic heterocycles. The van der Waals surface area contributed by atoms with Gasteiger partial charge >= 0.3 is 0 Å². The molecule has 3 saturated carbocycles. The van der Waals surface area contributed by atoms with E-state index in [1.165, 1.54) is 49.7 Å². The highest BCUT2D eigenvalue weighted by Crippen LogP contribution is 2.68. The zero-order valence-corrected chi connectivity index (χ0v) is 15.0. The lowest BCUT2D eigenvalue weighted by molar-refractivity contribution is -0.118. The summed E-state index contributed by atoms with van der Waals surface area (Å²) in [4.78, 5) is 11.8. The maximum absolute atomic E-state index is 11.8. The molecular formula is C22H30O2. The van der Waals surface area contributed by atoms with Gasteiger partial charge in [-0.1, -0.05) is 19.1 Å². The van der Waals surface area contributed by atoms with Crippen LogP contribution in [0.25, 0.3) is 0 Å². The van der Waals surface area contributed by atoms with Crippen LogP contribution in [0.5, 0.6) is 0 Å². The molecule has 1 saturated heterocycles. The lowest BCUT2D eigenvalue weighted by Gasteiger charge is -2.56. The van der Waals surface area contributed by atoms with Crippen LogP contribution < -0.4 is 0 Å². The zero-order chi connectivity index (χ0) is 16.5. The summed E-state index contributed by atoms with van der Waals surface area (Å²) >= 11 is 0. The Kier molecular flexibility index (Phi) is 3.24. The van der Waals surface area contributed by atoms with Crippen LogP contribution in [-0.2, 0) is 9.53 Å². The molecule has 0 N–H and O–H groups in total. The Balaban J connectivity index is 1.48. The summed E-state index contributed by atoms with van der Waals surface area (Å²) < 4.78 is 6.43. The van der Waals surface area contributed by atoms with Crippen molar-refractivity contribution in [1.29, 1.82) is 0 Å². The van der Waals surface area contributed by atoms with Crippen molar-refractivity contribution in [3.05, 3.63) is 23.8 Å². The second kappa shape index (κ2) is 5.06. The lowest BCUT2D eigenvalue weighted by Crippen LogP contribution is -2.53. The minimum atomic E-state index is -0.0126. The Hall–Kier alpha value is -0.890. The minimum absolute atomic E-state index is 0.0126. The number of hydrogen-bond donors (Lipinski definition) is 0. The van der Waals surface area contributed by atoms with Gasteiger partial charge < -0.3 is 4.74 Å². The third-order valence-electron chi connectivity index (χ3n) is 8.74. The van der Waals surface area contributed by atoms with Gasteiger partial charge in [0.15, 0.2) is 5.78 Å². The first-order valence-corrected chi connectivity index (χ1v) is 10.1. The van der Waals surface area contributed by atoms with Gasteiger partial charge in [0.2, 0.25) is 0 Å². The number of rotatable bonds is 0. The molecule has 2 nitrogen and oxygen atoms in total. The quantitative estimate of drug-likeness (QED) is 0.595. The Morgan fingerprint density at radius 1 is 1.08 bits per heavy atom. The van der Waals surface area contributed by atoms with Crippen LogP contribution in [0.4, 0.5) is 0 Å². The number of allylic oxidation sites excluding steroid dienone is 1. The van der Waals surface area contributed by atoms with Gasteiger partial charge in [-0.15, -0.1) is 0 Å². The predicted molar refractivity (Wildman–Crippen MR) is 94.5 cm³/mol. The van der Waals surface area contributed by atoms with E-state index in [4.69, 9.17) is 4.74 Å². The molecule has 130 valence electrons. The van der Waals surface area contributed by atoms with Gasteiger partial charge in [-0.3, -0.25) is 4.79 Å².